The number of carbonyl (C=O) groups is 12. The van der Waals surface area contributed by atoms with E-state index in [1.165, 1.54) is 71.6 Å². The Kier molecular flexibility index (Phi) is 31.2. The molecule has 4 rings (SSSR count). The van der Waals surface area contributed by atoms with E-state index in [0.29, 0.717) is 28.2 Å². The predicted octanol–water partition coefficient (Wildman–Crippen LogP) is 0.457. The Morgan fingerprint density at radius 1 is 0.484 bits per heavy atom. The van der Waals surface area contributed by atoms with Crippen LogP contribution in [0.2, 0.25) is 0 Å². The molecule has 0 fully saturated rings. The summed E-state index contributed by atoms with van der Waals surface area (Å²) < 4.78 is 0. The second-order valence-corrected chi connectivity index (χ2v) is 25.5. The van der Waals surface area contributed by atoms with E-state index in [2.05, 4.69) is 47.9 Å². The number of aromatic hydroxyl groups is 2. The van der Waals surface area contributed by atoms with Gasteiger partial charge < -0.3 is 80.4 Å². The Morgan fingerprint density at radius 2 is 0.914 bits per heavy atom. The summed E-state index contributed by atoms with van der Waals surface area (Å²) in [7, 11) is 0. The van der Waals surface area contributed by atoms with Crippen LogP contribution in [-0.4, -0.2) is 159 Å². The highest BCUT2D eigenvalue weighted by atomic mass is 32.2. The van der Waals surface area contributed by atoms with Crippen molar-refractivity contribution in [1.82, 2.24) is 47.9 Å². The summed E-state index contributed by atoms with van der Waals surface area (Å²) in [4.78, 5) is 166. The number of phenols is 2. The number of nitrogens with one attached hydrogen (secondary N) is 9. The number of thiophene rings is 1. The van der Waals surface area contributed by atoms with Gasteiger partial charge in [-0.3, -0.25) is 57.5 Å². The molecule has 0 saturated heterocycles. The molecule has 0 saturated carbocycles. The van der Waals surface area contributed by atoms with Gasteiger partial charge in [-0.25, -0.2) is 0 Å². The normalized spacial score (nSPS) is 14.7. The van der Waals surface area contributed by atoms with Gasteiger partial charge in [-0.1, -0.05) is 109 Å². The summed E-state index contributed by atoms with van der Waals surface area (Å²) in [6.45, 7) is 10.0. The maximum absolute atomic E-state index is 14.8. The zero-order valence-corrected chi connectivity index (χ0v) is 54.7. The fourth-order valence-corrected chi connectivity index (χ4v) is 10.8. The van der Waals surface area contributed by atoms with Crippen molar-refractivity contribution in [2.45, 2.75) is 160 Å². The smallest absolute Gasteiger partial charge is 0.305 e. The number of carboxylic acid groups (broad SMARTS) is 1. The van der Waals surface area contributed by atoms with E-state index in [1.807, 2.05) is 6.26 Å². The topological polar surface area (TPSA) is 452 Å². The maximum Gasteiger partial charge on any atom is 0.305 e. The molecule has 1 heterocycles. The average molecular weight is 1330 g/mol. The van der Waals surface area contributed by atoms with E-state index in [-0.39, 0.29) is 55.9 Å². The number of carbonyl (C=O) groups excluding carboxylic acids is 11. The second kappa shape index (κ2) is 38.1. The van der Waals surface area contributed by atoms with Crippen LogP contribution in [0.25, 0.3) is 0 Å². The third kappa shape index (κ3) is 26.2. The SMILES string of the molecule is CC[C@H](C)[C@H](NC(=O)[C@@H](N)Cc1ccccc1)C(=O)N[C@@H](CC(=O)O)C(=O)N[C@@H](CC(C)C)C(=O)N[C@@H](CC(N)=O)C(=O)N[C@@H](Cc1ccc(O)cc1)C(=O)N[C@@H](Cc1cccs1)C(=O)N[C@H](C(=O)N[C@@H](Cc1ccc(O)cc1)C(=O)N[C@@H](CCSC)C(N)=O)C(C)C. The summed E-state index contributed by atoms with van der Waals surface area (Å²) >= 11 is 2.66. The van der Waals surface area contributed by atoms with E-state index in [0.717, 1.165) is 5.56 Å². The maximum atomic E-state index is 14.8. The molecule has 0 unspecified atom stereocenters. The number of phenolic OH excluding ortho intramolecular Hbond substituents is 2. The van der Waals surface area contributed by atoms with Crippen molar-refractivity contribution >= 4 is 94.0 Å². The highest BCUT2D eigenvalue weighted by Crippen LogP contribution is 2.18. The quantitative estimate of drug-likeness (QED) is 0.0288. The molecule has 0 aliphatic carbocycles. The number of aliphatic carboxylic acids is 1. The molecule has 11 atom stereocenters. The van der Waals surface area contributed by atoms with Gasteiger partial charge in [0.05, 0.1) is 18.9 Å². The second-order valence-electron chi connectivity index (χ2n) is 23.4. The van der Waals surface area contributed by atoms with Crippen molar-refractivity contribution in [3.8, 4) is 11.5 Å². The fourth-order valence-electron chi connectivity index (χ4n) is 9.61. The van der Waals surface area contributed by atoms with Gasteiger partial charge in [0.15, 0.2) is 0 Å². The van der Waals surface area contributed by atoms with Crippen molar-refractivity contribution in [3.05, 3.63) is 118 Å². The third-order valence-electron chi connectivity index (χ3n) is 15.0. The molecule has 0 aliphatic heterocycles. The summed E-state index contributed by atoms with van der Waals surface area (Å²) in [5, 5.41) is 54.9. The molecule has 4 aromatic rings. The van der Waals surface area contributed by atoms with Gasteiger partial charge in [-0.15, -0.1) is 11.3 Å². The van der Waals surface area contributed by atoms with Crippen LogP contribution in [0.3, 0.4) is 0 Å². The molecule has 93 heavy (non-hydrogen) atoms. The lowest BCUT2D eigenvalue weighted by Gasteiger charge is -2.29. The molecule has 18 N–H and O–H groups in total. The van der Waals surface area contributed by atoms with E-state index < -0.39 is 156 Å². The van der Waals surface area contributed by atoms with Crippen LogP contribution in [-0.2, 0) is 83.2 Å². The predicted molar refractivity (Wildman–Crippen MR) is 349 cm³/mol. The van der Waals surface area contributed by atoms with Crippen molar-refractivity contribution in [1.29, 1.82) is 0 Å². The average Bonchev–Trinajstić information content (AvgIpc) is 1.62. The van der Waals surface area contributed by atoms with Crippen LogP contribution in [0, 0.1) is 17.8 Å². The number of nitrogens with two attached hydrogens (primary N) is 3. The van der Waals surface area contributed by atoms with Gasteiger partial charge in [0.1, 0.15) is 65.9 Å². The number of primary amides is 2. The standard InChI is InChI=1S/C64H88N12O15S2/c1-8-36(6)54(76-56(83)43(65)28-37-13-10-9-11-14-37)64(91)74-50(33-52(80)81)61(88)69-45(27-34(2)3)57(84)72-49(32-51(66)79)60(87)70-46(29-38-16-20-40(77)21-17-38)59(86)71-48(31-42-15-12-25-93-42)62(89)75-53(35(4)5)63(90)73-47(30-39-18-22-41(78)23-19-39)58(85)68-44(55(67)82)24-26-92-7/h9-23,25,34-36,43-50,53-54,77-78H,8,24,26-33,65H2,1-7H3,(H2,66,79)(H2,67,82)(H,68,85)(H,69,88)(H,70,87)(H,71,86)(H,72,84)(H,73,90)(H,74,91)(H,75,89)(H,76,83)(H,80,81)/t36-,43-,44-,45-,46-,47-,48-,49-,50-,53-,54-/m0/s1. The lowest BCUT2D eigenvalue weighted by molar-refractivity contribution is -0.142. The molecular weight excluding hydrogens is 1240 g/mol. The Balaban J connectivity index is 1.62. The monoisotopic (exact) mass is 1330 g/mol. The lowest BCUT2D eigenvalue weighted by atomic mass is 9.96. The Morgan fingerprint density at radius 3 is 1.39 bits per heavy atom. The van der Waals surface area contributed by atoms with Crippen LogP contribution in [0.1, 0.15) is 95.2 Å². The number of thioether (sulfide) groups is 1. The highest BCUT2D eigenvalue weighted by molar-refractivity contribution is 7.98. The van der Waals surface area contributed by atoms with Gasteiger partial charge >= 0.3 is 5.97 Å². The molecule has 0 aliphatic rings. The molecule has 506 valence electrons. The lowest BCUT2D eigenvalue weighted by Crippen LogP contribution is -2.62. The molecule has 29 heteroatoms. The minimum Gasteiger partial charge on any atom is -0.508 e. The summed E-state index contributed by atoms with van der Waals surface area (Å²) in [5.74, 6) is -13.1. The largest absolute Gasteiger partial charge is 0.508 e. The van der Waals surface area contributed by atoms with Crippen molar-refractivity contribution in [2.24, 2.45) is 35.0 Å². The molecule has 1 aromatic heterocycles. The first-order valence-corrected chi connectivity index (χ1v) is 32.6. The molecule has 0 spiro atoms. The summed E-state index contributed by atoms with van der Waals surface area (Å²) in [6, 6.07) is 9.12. The van der Waals surface area contributed by atoms with E-state index >= 15 is 0 Å². The van der Waals surface area contributed by atoms with Crippen LogP contribution < -0.4 is 65.1 Å². The van der Waals surface area contributed by atoms with Gasteiger partial charge in [0.2, 0.25) is 65.0 Å². The minimum absolute atomic E-state index is 0.0567. The van der Waals surface area contributed by atoms with Crippen LogP contribution in [0.15, 0.2) is 96.4 Å². The van der Waals surface area contributed by atoms with Crippen LogP contribution in [0.5, 0.6) is 11.5 Å². The zero-order valence-electron chi connectivity index (χ0n) is 53.1. The molecule has 11 amide bonds. The van der Waals surface area contributed by atoms with Crippen molar-refractivity contribution in [3.63, 3.8) is 0 Å². The summed E-state index contributed by atoms with van der Waals surface area (Å²) in [5.41, 5.74) is 19.1. The first kappa shape index (κ1) is 76.4. The minimum atomic E-state index is -1.85. The molecular formula is C64H88N12O15S2. The zero-order chi connectivity index (χ0) is 69.1. The number of hydrogen-bond acceptors (Lipinski definition) is 17. The number of hydrogen-bond donors (Lipinski definition) is 15. The number of carboxylic acids is 1. The Bertz CT molecular complexity index is 3180. The van der Waals surface area contributed by atoms with Gasteiger partial charge in [0, 0.05) is 24.1 Å². The van der Waals surface area contributed by atoms with Crippen LogP contribution in [0.4, 0.5) is 0 Å². The van der Waals surface area contributed by atoms with Crippen molar-refractivity contribution in [2.75, 3.05) is 12.0 Å². The Labute approximate surface area is 548 Å². The Hall–Kier alpha value is -9.09. The summed E-state index contributed by atoms with van der Waals surface area (Å²) in [6.07, 6.45) is -0.121. The van der Waals surface area contributed by atoms with Gasteiger partial charge in [-0.05, 0) is 101 Å². The number of benzene rings is 3. The third-order valence-corrected chi connectivity index (χ3v) is 16.5. The fraction of sp³-hybridized carbons (Fsp3) is 0.469. The van der Waals surface area contributed by atoms with E-state index in [9.17, 15) is 72.9 Å². The van der Waals surface area contributed by atoms with Gasteiger partial charge in [-0.2, -0.15) is 11.8 Å². The van der Waals surface area contributed by atoms with Crippen LogP contribution >= 0.6 is 23.1 Å². The van der Waals surface area contributed by atoms with E-state index in [4.69, 9.17) is 17.2 Å². The number of rotatable bonds is 39. The molecule has 0 radical (unpaired) electrons. The van der Waals surface area contributed by atoms with Gasteiger partial charge in [0.25, 0.3) is 0 Å². The molecule has 3 aromatic carbocycles. The first-order valence-electron chi connectivity index (χ1n) is 30.4. The molecule has 27 nitrogen and oxygen atoms in total. The molecule has 0 bridgehead atoms. The van der Waals surface area contributed by atoms with E-state index in [1.54, 1.807) is 89.4 Å². The highest BCUT2D eigenvalue weighted by Gasteiger charge is 2.38. The van der Waals surface area contributed by atoms with Crippen molar-refractivity contribution < 1.29 is 72.9 Å². The number of amides is 11. The first-order chi connectivity index (χ1) is 44.0.